The lowest BCUT2D eigenvalue weighted by molar-refractivity contribution is 0.474. The smallest absolute Gasteiger partial charge is 0.297 e. The second kappa shape index (κ2) is 5.96. The van der Waals surface area contributed by atoms with Gasteiger partial charge in [0, 0.05) is 18.8 Å². The van der Waals surface area contributed by atoms with E-state index >= 15 is 0 Å². The molecule has 0 amide bonds. The molecule has 0 unspecified atom stereocenters. The van der Waals surface area contributed by atoms with Crippen molar-refractivity contribution in [3.63, 3.8) is 0 Å². The molecule has 0 saturated heterocycles. The van der Waals surface area contributed by atoms with E-state index in [1.807, 2.05) is 44.3 Å². The van der Waals surface area contributed by atoms with E-state index in [0.29, 0.717) is 11.3 Å². The number of aliphatic imine (C=N–C) groups is 1. The minimum absolute atomic E-state index is 0.133. The number of hydrogen-bond donors (Lipinski definition) is 1. The summed E-state index contributed by atoms with van der Waals surface area (Å²) in [7, 11) is 1.82. The van der Waals surface area contributed by atoms with Crippen molar-refractivity contribution >= 4 is 11.9 Å². The third-order valence-electron chi connectivity index (χ3n) is 3.79. The van der Waals surface area contributed by atoms with Gasteiger partial charge in [0.25, 0.3) is 5.56 Å². The molecule has 23 heavy (non-hydrogen) atoms. The van der Waals surface area contributed by atoms with E-state index in [1.54, 1.807) is 33.6 Å². The van der Waals surface area contributed by atoms with Crippen LogP contribution in [0.4, 0.5) is 5.69 Å². The molecule has 0 fully saturated rings. The second-order valence-electron chi connectivity index (χ2n) is 5.23. The Bertz CT molecular complexity index is 921. The summed E-state index contributed by atoms with van der Waals surface area (Å²) in [5.41, 5.74) is 2.28. The van der Waals surface area contributed by atoms with Crippen molar-refractivity contribution in [2.75, 3.05) is 0 Å². The molecule has 0 aliphatic rings. The van der Waals surface area contributed by atoms with Gasteiger partial charge in [0.15, 0.2) is 5.69 Å². The predicted molar refractivity (Wildman–Crippen MR) is 91.1 cm³/mol. The molecule has 3 aromatic rings. The average Bonchev–Trinajstić information content (AvgIpc) is 2.78. The third kappa shape index (κ3) is 2.68. The van der Waals surface area contributed by atoms with E-state index in [1.165, 1.54) is 6.21 Å². The van der Waals surface area contributed by atoms with Crippen LogP contribution in [0.5, 0.6) is 5.75 Å². The number of benzene rings is 2. The minimum atomic E-state index is -0.192. The summed E-state index contributed by atoms with van der Waals surface area (Å²) in [5.74, 6) is 0.133. The lowest BCUT2D eigenvalue weighted by Crippen LogP contribution is -2.19. The molecule has 1 heterocycles. The molecule has 0 aliphatic carbocycles. The standard InChI is InChI=1S/C18H17N3O2/c1-13-17(19-12-14-8-6-7-11-16(14)22)18(23)21(20(13)2)15-9-4-3-5-10-15/h3-12,22H,1-2H3. The van der Waals surface area contributed by atoms with Crippen molar-refractivity contribution in [3.05, 3.63) is 76.2 Å². The zero-order chi connectivity index (χ0) is 16.4. The molecule has 0 spiro atoms. The van der Waals surface area contributed by atoms with Crippen molar-refractivity contribution in [1.29, 1.82) is 0 Å². The van der Waals surface area contributed by atoms with Gasteiger partial charge in [-0.3, -0.25) is 9.48 Å². The fraction of sp³-hybridized carbons (Fsp3) is 0.111. The summed E-state index contributed by atoms with van der Waals surface area (Å²) in [5, 5.41) is 9.79. The second-order valence-corrected chi connectivity index (χ2v) is 5.23. The van der Waals surface area contributed by atoms with Gasteiger partial charge in [0.05, 0.1) is 11.4 Å². The zero-order valence-corrected chi connectivity index (χ0v) is 13.0. The number of phenols is 1. The highest BCUT2D eigenvalue weighted by atomic mass is 16.3. The van der Waals surface area contributed by atoms with Gasteiger partial charge < -0.3 is 5.11 Å². The van der Waals surface area contributed by atoms with E-state index in [-0.39, 0.29) is 11.3 Å². The largest absolute Gasteiger partial charge is 0.507 e. The Hall–Kier alpha value is -3.08. The van der Waals surface area contributed by atoms with Crippen molar-refractivity contribution in [1.82, 2.24) is 9.36 Å². The Balaban J connectivity index is 2.09. The van der Waals surface area contributed by atoms with Gasteiger partial charge in [-0.2, -0.15) is 0 Å². The van der Waals surface area contributed by atoms with Crippen LogP contribution in [0.3, 0.4) is 0 Å². The molecule has 0 aliphatic heterocycles. The maximum atomic E-state index is 12.7. The lowest BCUT2D eigenvalue weighted by Gasteiger charge is -2.07. The highest BCUT2D eigenvalue weighted by Crippen LogP contribution is 2.18. The summed E-state index contributed by atoms with van der Waals surface area (Å²) < 4.78 is 3.35. The van der Waals surface area contributed by atoms with Crippen molar-refractivity contribution < 1.29 is 5.11 Å². The van der Waals surface area contributed by atoms with E-state index in [9.17, 15) is 9.90 Å². The highest BCUT2D eigenvalue weighted by Gasteiger charge is 2.14. The van der Waals surface area contributed by atoms with Gasteiger partial charge in [0.1, 0.15) is 5.75 Å². The fourth-order valence-electron chi connectivity index (χ4n) is 2.43. The predicted octanol–water partition coefficient (Wildman–Crippen LogP) is 2.94. The summed E-state index contributed by atoms with van der Waals surface area (Å²) in [4.78, 5) is 17.0. The summed E-state index contributed by atoms with van der Waals surface area (Å²) >= 11 is 0. The SMILES string of the molecule is Cc1c(N=Cc2ccccc2O)c(=O)n(-c2ccccc2)n1C. The first-order valence-electron chi connectivity index (χ1n) is 7.25. The Morgan fingerprint density at radius 1 is 1.04 bits per heavy atom. The normalized spacial score (nSPS) is 11.2. The Morgan fingerprint density at radius 3 is 2.39 bits per heavy atom. The first kappa shape index (κ1) is 14.8. The van der Waals surface area contributed by atoms with E-state index < -0.39 is 0 Å². The fourth-order valence-corrected chi connectivity index (χ4v) is 2.43. The molecule has 5 nitrogen and oxygen atoms in total. The highest BCUT2D eigenvalue weighted by molar-refractivity contribution is 5.85. The molecule has 1 N–H and O–H groups in total. The van der Waals surface area contributed by atoms with Crippen LogP contribution in [0, 0.1) is 6.92 Å². The average molecular weight is 307 g/mol. The molecule has 2 aromatic carbocycles. The molecule has 0 bridgehead atoms. The molecule has 1 aromatic heterocycles. The van der Waals surface area contributed by atoms with Crippen LogP contribution < -0.4 is 5.56 Å². The first-order chi connectivity index (χ1) is 11.1. The quantitative estimate of drug-likeness (QED) is 0.756. The van der Waals surface area contributed by atoms with Gasteiger partial charge in [0.2, 0.25) is 0 Å². The molecule has 0 saturated carbocycles. The summed E-state index contributed by atoms with van der Waals surface area (Å²) in [6, 6.07) is 16.3. The summed E-state index contributed by atoms with van der Waals surface area (Å²) in [6.45, 7) is 1.85. The topological polar surface area (TPSA) is 59.5 Å². The lowest BCUT2D eigenvalue weighted by atomic mass is 10.2. The van der Waals surface area contributed by atoms with Crippen LogP contribution in [-0.2, 0) is 7.05 Å². The van der Waals surface area contributed by atoms with Gasteiger partial charge >= 0.3 is 0 Å². The van der Waals surface area contributed by atoms with Crippen LogP contribution in [0.1, 0.15) is 11.3 Å². The van der Waals surface area contributed by atoms with Gasteiger partial charge in [-0.25, -0.2) is 9.67 Å². The van der Waals surface area contributed by atoms with Crippen LogP contribution in [0.25, 0.3) is 5.69 Å². The van der Waals surface area contributed by atoms with E-state index in [2.05, 4.69) is 4.99 Å². The number of phenolic OH excluding ortho intramolecular Hbond substituents is 1. The van der Waals surface area contributed by atoms with Crippen LogP contribution in [0.2, 0.25) is 0 Å². The Morgan fingerprint density at radius 2 is 1.70 bits per heavy atom. The maximum Gasteiger partial charge on any atom is 0.297 e. The first-order valence-corrected chi connectivity index (χ1v) is 7.25. The summed E-state index contributed by atoms with van der Waals surface area (Å²) in [6.07, 6.45) is 1.51. The monoisotopic (exact) mass is 307 g/mol. The van der Waals surface area contributed by atoms with E-state index in [4.69, 9.17) is 0 Å². The molecule has 0 atom stereocenters. The molecule has 0 radical (unpaired) electrons. The van der Waals surface area contributed by atoms with Gasteiger partial charge in [-0.1, -0.05) is 30.3 Å². The van der Waals surface area contributed by atoms with Crippen molar-refractivity contribution in [3.8, 4) is 11.4 Å². The number of para-hydroxylation sites is 2. The molecule has 116 valence electrons. The van der Waals surface area contributed by atoms with Crippen LogP contribution in [0.15, 0.2) is 64.4 Å². The number of aromatic hydroxyl groups is 1. The van der Waals surface area contributed by atoms with Crippen LogP contribution in [-0.4, -0.2) is 20.7 Å². The molecular weight excluding hydrogens is 290 g/mol. The minimum Gasteiger partial charge on any atom is -0.507 e. The van der Waals surface area contributed by atoms with Gasteiger partial charge in [-0.15, -0.1) is 0 Å². The molecule has 5 heteroatoms. The van der Waals surface area contributed by atoms with Crippen molar-refractivity contribution in [2.45, 2.75) is 6.92 Å². The van der Waals surface area contributed by atoms with Crippen LogP contribution >= 0.6 is 0 Å². The number of hydrogen-bond acceptors (Lipinski definition) is 3. The van der Waals surface area contributed by atoms with Gasteiger partial charge in [-0.05, 0) is 31.2 Å². The Labute approximate surface area is 133 Å². The van der Waals surface area contributed by atoms with Crippen molar-refractivity contribution in [2.24, 2.45) is 12.0 Å². The number of aromatic nitrogens is 2. The number of nitrogens with zero attached hydrogens (tertiary/aromatic N) is 3. The Kier molecular flexibility index (Phi) is 3.85. The maximum absolute atomic E-state index is 12.7. The number of rotatable bonds is 3. The molecular formula is C18H17N3O2. The van der Waals surface area contributed by atoms with E-state index in [0.717, 1.165) is 11.4 Å². The molecule has 3 rings (SSSR count). The zero-order valence-electron chi connectivity index (χ0n) is 13.0. The third-order valence-corrected chi connectivity index (χ3v) is 3.79.